The van der Waals surface area contributed by atoms with Crippen LogP contribution in [0.3, 0.4) is 0 Å². The molecule has 2 aromatic rings. The predicted molar refractivity (Wildman–Crippen MR) is 116 cm³/mol. The van der Waals surface area contributed by atoms with Crippen LogP contribution in [0.1, 0.15) is 64.5 Å². The molecule has 2 aromatic carbocycles. The van der Waals surface area contributed by atoms with E-state index < -0.39 is 5.92 Å². The third-order valence-electron chi connectivity index (χ3n) is 4.66. The first-order chi connectivity index (χ1) is 12.8. The van der Waals surface area contributed by atoms with Crippen LogP contribution < -0.4 is 0 Å². The number of para-hydroxylation sites is 2. The lowest BCUT2D eigenvalue weighted by Gasteiger charge is -2.18. The van der Waals surface area contributed by atoms with Gasteiger partial charge in [0.25, 0.3) is 0 Å². The van der Waals surface area contributed by atoms with Gasteiger partial charge < -0.3 is 0 Å². The van der Waals surface area contributed by atoms with Crippen molar-refractivity contribution in [2.45, 2.75) is 53.4 Å². The second kappa shape index (κ2) is 9.28. The number of nitrogens with zero attached hydrogens (tertiary/aromatic N) is 3. The zero-order valence-electron chi connectivity index (χ0n) is 17.2. The van der Waals surface area contributed by atoms with Crippen LogP contribution in [0, 0.1) is 17.2 Å². The van der Waals surface area contributed by atoms with E-state index in [2.05, 4.69) is 57.0 Å². The van der Waals surface area contributed by atoms with Crippen molar-refractivity contribution in [2.75, 3.05) is 0 Å². The Kier molecular flexibility index (Phi) is 7.07. The van der Waals surface area contributed by atoms with Crippen LogP contribution in [0.25, 0.3) is 0 Å². The van der Waals surface area contributed by atoms with E-state index >= 15 is 0 Å². The third-order valence-corrected chi connectivity index (χ3v) is 4.66. The molecule has 1 unspecified atom stereocenters. The summed E-state index contributed by atoms with van der Waals surface area (Å²) in [6.45, 7) is 12.5. The van der Waals surface area contributed by atoms with Crippen LogP contribution in [0.5, 0.6) is 0 Å². The Labute approximate surface area is 163 Å². The number of hydrogen-bond donors (Lipinski definition) is 0. The van der Waals surface area contributed by atoms with Crippen LogP contribution >= 0.6 is 0 Å². The number of aliphatic imine (C=N–C) groups is 2. The van der Waals surface area contributed by atoms with E-state index in [1.54, 1.807) is 0 Å². The smallest absolute Gasteiger partial charge is 0.122 e. The topological polar surface area (TPSA) is 48.5 Å². The van der Waals surface area contributed by atoms with Gasteiger partial charge in [0, 0.05) is 11.4 Å². The lowest BCUT2D eigenvalue weighted by Crippen LogP contribution is -2.18. The molecule has 0 bridgehead atoms. The lowest BCUT2D eigenvalue weighted by molar-refractivity contribution is 0.834. The van der Waals surface area contributed by atoms with Crippen LogP contribution in [-0.4, -0.2) is 11.4 Å². The standard InChI is InChI=1S/C24H29N3/c1-16(2)21-13-10-14-22(17(3)4)24(21)27-19(6)23(15-25)18(5)26-20-11-8-7-9-12-20/h7-14,16-17,23H,1-6H3. The molecule has 0 aromatic heterocycles. The van der Waals surface area contributed by atoms with Crippen LogP contribution in [0.15, 0.2) is 58.5 Å². The minimum Gasteiger partial charge on any atom is -0.256 e. The summed E-state index contributed by atoms with van der Waals surface area (Å²) in [5, 5.41) is 9.77. The number of nitriles is 1. The molecule has 3 heteroatoms. The Bertz CT molecular complexity index is 842. The van der Waals surface area contributed by atoms with Gasteiger partial charge in [0.15, 0.2) is 0 Å². The van der Waals surface area contributed by atoms with Gasteiger partial charge in [-0.05, 0) is 48.9 Å². The zero-order chi connectivity index (χ0) is 20.0. The van der Waals surface area contributed by atoms with Crippen molar-refractivity contribution in [1.29, 1.82) is 5.26 Å². The van der Waals surface area contributed by atoms with Crippen LogP contribution in [0.4, 0.5) is 11.4 Å². The minimum atomic E-state index is -0.439. The molecule has 0 spiro atoms. The van der Waals surface area contributed by atoms with E-state index in [9.17, 15) is 5.26 Å². The maximum Gasteiger partial charge on any atom is 0.122 e. The van der Waals surface area contributed by atoms with Crippen molar-refractivity contribution in [1.82, 2.24) is 0 Å². The molecule has 0 saturated heterocycles. The highest BCUT2D eigenvalue weighted by Gasteiger charge is 2.18. The summed E-state index contributed by atoms with van der Waals surface area (Å²) in [5.41, 5.74) is 5.84. The van der Waals surface area contributed by atoms with Gasteiger partial charge in [-0.25, -0.2) is 0 Å². The summed E-state index contributed by atoms with van der Waals surface area (Å²) in [6.07, 6.45) is 0. The summed E-state index contributed by atoms with van der Waals surface area (Å²) in [4.78, 5) is 9.57. The third kappa shape index (κ3) is 5.14. The summed E-state index contributed by atoms with van der Waals surface area (Å²) in [6, 6.07) is 18.5. The minimum absolute atomic E-state index is 0.370. The number of benzene rings is 2. The summed E-state index contributed by atoms with van der Waals surface area (Å²) < 4.78 is 0. The maximum absolute atomic E-state index is 9.77. The molecule has 0 aliphatic heterocycles. The molecule has 0 amide bonds. The summed E-state index contributed by atoms with van der Waals surface area (Å²) in [5.74, 6) is 0.301. The van der Waals surface area contributed by atoms with E-state index in [1.807, 2.05) is 44.2 Å². The maximum atomic E-state index is 9.77. The molecular formula is C24H29N3. The van der Waals surface area contributed by atoms with E-state index in [4.69, 9.17) is 4.99 Å². The molecule has 0 aliphatic carbocycles. The monoisotopic (exact) mass is 359 g/mol. The molecular weight excluding hydrogens is 330 g/mol. The molecule has 0 saturated carbocycles. The van der Waals surface area contributed by atoms with Crippen molar-refractivity contribution < 1.29 is 0 Å². The highest BCUT2D eigenvalue weighted by atomic mass is 14.8. The summed E-state index contributed by atoms with van der Waals surface area (Å²) in [7, 11) is 0. The molecule has 2 rings (SSSR count). The van der Waals surface area contributed by atoms with Gasteiger partial charge in [0.05, 0.1) is 17.4 Å². The molecule has 0 fully saturated rings. The molecule has 1 atom stereocenters. The van der Waals surface area contributed by atoms with Gasteiger partial charge in [0.2, 0.25) is 0 Å². The Morgan fingerprint density at radius 2 is 1.30 bits per heavy atom. The number of rotatable bonds is 6. The van der Waals surface area contributed by atoms with Crippen molar-refractivity contribution in [3.8, 4) is 6.07 Å². The molecule has 0 aliphatic rings. The molecule has 0 heterocycles. The normalized spacial score (nSPS) is 13.7. The fraction of sp³-hybridized carbons (Fsp3) is 0.375. The fourth-order valence-electron chi connectivity index (χ4n) is 3.14. The van der Waals surface area contributed by atoms with E-state index in [0.717, 1.165) is 22.8 Å². The van der Waals surface area contributed by atoms with Gasteiger partial charge in [-0.2, -0.15) is 5.26 Å². The van der Waals surface area contributed by atoms with Crippen LogP contribution in [-0.2, 0) is 0 Å². The Morgan fingerprint density at radius 1 is 0.778 bits per heavy atom. The zero-order valence-corrected chi connectivity index (χ0v) is 17.2. The highest BCUT2D eigenvalue weighted by Crippen LogP contribution is 2.35. The largest absolute Gasteiger partial charge is 0.256 e. The van der Waals surface area contributed by atoms with Gasteiger partial charge in [-0.15, -0.1) is 0 Å². The fourth-order valence-corrected chi connectivity index (χ4v) is 3.14. The number of hydrogen-bond acceptors (Lipinski definition) is 3. The van der Waals surface area contributed by atoms with Crippen molar-refractivity contribution in [2.24, 2.45) is 15.9 Å². The van der Waals surface area contributed by atoms with Crippen molar-refractivity contribution in [3.05, 3.63) is 59.7 Å². The van der Waals surface area contributed by atoms with Crippen molar-refractivity contribution >= 4 is 22.8 Å². The predicted octanol–water partition coefficient (Wildman–Crippen LogP) is 6.96. The first kappa shape index (κ1) is 20.6. The van der Waals surface area contributed by atoms with Gasteiger partial charge >= 0.3 is 0 Å². The van der Waals surface area contributed by atoms with E-state index in [1.165, 1.54) is 11.1 Å². The average Bonchev–Trinajstić information content (AvgIpc) is 2.62. The van der Waals surface area contributed by atoms with Crippen molar-refractivity contribution in [3.63, 3.8) is 0 Å². The van der Waals surface area contributed by atoms with Gasteiger partial charge in [-0.3, -0.25) is 9.98 Å². The second-order valence-electron chi connectivity index (χ2n) is 7.50. The summed E-state index contributed by atoms with van der Waals surface area (Å²) >= 11 is 0. The SMILES string of the molecule is CC(=Nc1ccccc1)C(C#N)C(C)=Nc1c(C(C)C)cccc1C(C)C. The molecule has 0 N–H and O–H groups in total. The Balaban J connectivity index is 2.49. The van der Waals surface area contributed by atoms with Gasteiger partial charge in [0.1, 0.15) is 5.92 Å². The Morgan fingerprint density at radius 3 is 1.78 bits per heavy atom. The second-order valence-corrected chi connectivity index (χ2v) is 7.50. The van der Waals surface area contributed by atoms with E-state index in [-0.39, 0.29) is 0 Å². The van der Waals surface area contributed by atoms with Gasteiger partial charge in [-0.1, -0.05) is 64.1 Å². The lowest BCUT2D eigenvalue weighted by atomic mass is 9.92. The van der Waals surface area contributed by atoms with Crippen LogP contribution in [0.2, 0.25) is 0 Å². The molecule has 0 radical (unpaired) electrons. The molecule has 3 nitrogen and oxygen atoms in total. The highest BCUT2D eigenvalue weighted by molar-refractivity contribution is 6.09. The molecule has 140 valence electrons. The molecule has 27 heavy (non-hydrogen) atoms. The van der Waals surface area contributed by atoms with E-state index in [0.29, 0.717) is 11.8 Å². The average molecular weight is 360 g/mol. The first-order valence-corrected chi connectivity index (χ1v) is 9.53. The quantitative estimate of drug-likeness (QED) is 0.514. The first-order valence-electron chi connectivity index (χ1n) is 9.53. The Hall–Kier alpha value is -2.73.